The number of rotatable bonds is 9. The number of nitriles is 1. The van der Waals surface area contributed by atoms with Gasteiger partial charge in [0.2, 0.25) is 5.95 Å². The Hall–Kier alpha value is -3.76. The largest absolute Gasteiger partial charge is 0.494 e. The number of thiazole rings is 1. The van der Waals surface area contributed by atoms with Gasteiger partial charge < -0.3 is 9.47 Å². The number of methoxy groups -OCH3 is 2. The number of hydrogen-bond acceptors (Lipinski definition) is 11. The first-order valence-electron chi connectivity index (χ1n) is 10.3. The van der Waals surface area contributed by atoms with Crippen LogP contribution in [-0.4, -0.2) is 49.7 Å². The van der Waals surface area contributed by atoms with E-state index in [9.17, 15) is 0 Å². The molecule has 0 spiro atoms. The van der Waals surface area contributed by atoms with E-state index in [2.05, 4.69) is 29.9 Å². The van der Waals surface area contributed by atoms with Crippen LogP contribution in [0.5, 0.6) is 11.5 Å². The number of hydrogen-bond donors (Lipinski definition) is 1. The molecule has 4 aromatic rings. The number of halogens is 1. The number of nitrogens with one attached hydrogen (secondary N) is 1. The third-order valence-corrected chi connectivity index (χ3v) is 6.82. The van der Waals surface area contributed by atoms with Gasteiger partial charge in [0.05, 0.1) is 25.5 Å². The average Bonchev–Trinajstić information content (AvgIpc) is 3.49. The predicted molar refractivity (Wildman–Crippen MR) is 132 cm³/mol. The first-order valence-corrected chi connectivity index (χ1v) is 12.1. The van der Waals surface area contributed by atoms with Crippen LogP contribution >= 0.6 is 23.3 Å². The van der Waals surface area contributed by atoms with E-state index in [4.69, 9.17) is 14.7 Å². The molecule has 0 radical (unpaired) electrons. The van der Waals surface area contributed by atoms with Gasteiger partial charge in [0.1, 0.15) is 23.3 Å². The highest BCUT2D eigenvalue weighted by Crippen LogP contribution is 2.39. The molecule has 0 aliphatic rings. The van der Waals surface area contributed by atoms with Crippen molar-refractivity contribution in [2.45, 2.75) is 19.5 Å². The highest BCUT2D eigenvalue weighted by Gasteiger charge is 2.30. The molecule has 1 aromatic carbocycles. The van der Waals surface area contributed by atoms with Gasteiger partial charge in [-0.15, -0.1) is 21.5 Å². The number of alkyl halides is 1. The van der Waals surface area contributed by atoms with Crippen LogP contribution in [0.15, 0.2) is 36.0 Å². The fourth-order valence-electron chi connectivity index (χ4n) is 3.17. The molecular weight excluding hydrogens is 491 g/mol. The van der Waals surface area contributed by atoms with E-state index in [-0.39, 0.29) is 17.1 Å². The molecule has 0 fully saturated rings. The second-order valence-electron chi connectivity index (χ2n) is 7.48. The SMILES string of the molecule is COc1cccc(OC)c1-n1c(NSCC(C)(F)c2ncc(C#N)cn2)nnc1-c1nc(C)cs1. The van der Waals surface area contributed by atoms with Crippen LogP contribution in [0.4, 0.5) is 10.3 Å². The molecule has 180 valence electrons. The summed E-state index contributed by atoms with van der Waals surface area (Å²) in [5.74, 6) is 1.82. The molecule has 1 N–H and O–H groups in total. The molecular formula is C22H21FN8O2S2. The fraction of sp³-hybridized carbons (Fsp3) is 0.273. The molecule has 0 bridgehead atoms. The Morgan fingerprint density at radius 1 is 1.20 bits per heavy atom. The van der Waals surface area contributed by atoms with E-state index in [1.54, 1.807) is 30.9 Å². The summed E-state index contributed by atoms with van der Waals surface area (Å²) in [6, 6.07) is 7.33. The third kappa shape index (κ3) is 5.03. The molecule has 4 rings (SSSR count). The van der Waals surface area contributed by atoms with Gasteiger partial charge in [-0.05, 0) is 37.9 Å². The van der Waals surface area contributed by atoms with Crippen LogP contribution < -0.4 is 14.2 Å². The predicted octanol–water partition coefficient (Wildman–Crippen LogP) is 4.32. The van der Waals surface area contributed by atoms with Crippen molar-refractivity contribution in [2.24, 2.45) is 0 Å². The van der Waals surface area contributed by atoms with Gasteiger partial charge in [-0.1, -0.05) is 6.07 Å². The van der Waals surface area contributed by atoms with Crippen LogP contribution in [-0.2, 0) is 5.67 Å². The maximum atomic E-state index is 15.3. The van der Waals surface area contributed by atoms with Crippen molar-refractivity contribution in [1.82, 2.24) is 29.7 Å². The summed E-state index contributed by atoms with van der Waals surface area (Å²) < 4.78 is 31.3. The number of nitrogens with zero attached hydrogens (tertiary/aromatic N) is 7. The highest BCUT2D eigenvalue weighted by molar-refractivity contribution is 8.00. The summed E-state index contributed by atoms with van der Waals surface area (Å²) in [4.78, 5) is 12.5. The topological polar surface area (TPSA) is 124 Å². The van der Waals surface area contributed by atoms with Crippen LogP contribution in [0.3, 0.4) is 0 Å². The lowest BCUT2D eigenvalue weighted by Gasteiger charge is -2.19. The number of aromatic nitrogens is 6. The van der Waals surface area contributed by atoms with E-state index in [1.807, 2.05) is 24.4 Å². The molecule has 35 heavy (non-hydrogen) atoms. The van der Waals surface area contributed by atoms with Crippen LogP contribution in [0.2, 0.25) is 0 Å². The number of para-hydroxylation sites is 1. The zero-order valence-electron chi connectivity index (χ0n) is 19.3. The molecule has 3 aromatic heterocycles. The summed E-state index contributed by atoms with van der Waals surface area (Å²) in [5.41, 5.74) is -0.175. The Morgan fingerprint density at radius 3 is 2.46 bits per heavy atom. The van der Waals surface area contributed by atoms with E-state index >= 15 is 4.39 Å². The molecule has 0 saturated heterocycles. The molecule has 0 saturated carbocycles. The van der Waals surface area contributed by atoms with Crippen molar-refractivity contribution in [3.05, 3.63) is 53.1 Å². The summed E-state index contributed by atoms with van der Waals surface area (Å²) in [7, 11) is 3.12. The summed E-state index contributed by atoms with van der Waals surface area (Å²) >= 11 is 2.51. The summed E-state index contributed by atoms with van der Waals surface area (Å²) in [5, 5.41) is 20.1. The smallest absolute Gasteiger partial charge is 0.239 e. The van der Waals surface area contributed by atoms with Gasteiger partial charge in [-0.25, -0.2) is 19.3 Å². The Labute approximate surface area is 209 Å². The average molecular weight is 513 g/mol. The molecule has 10 nitrogen and oxygen atoms in total. The maximum Gasteiger partial charge on any atom is 0.239 e. The minimum atomic E-state index is -1.87. The first-order chi connectivity index (χ1) is 16.9. The molecule has 0 amide bonds. The summed E-state index contributed by atoms with van der Waals surface area (Å²) in [6.45, 7) is 3.27. The summed E-state index contributed by atoms with van der Waals surface area (Å²) in [6.07, 6.45) is 2.59. The Balaban J connectivity index is 1.67. The first kappa shape index (κ1) is 24.4. The molecule has 3 heterocycles. The molecule has 1 unspecified atom stereocenters. The maximum absolute atomic E-state index is 15.3. The van der Waals surface area contributed by atoms with Gasteiger partial charge in [0.15, 0.2) is 22.3 Å². The monoisotopic (exact) mass is 512 g/mol. The van der Waals surface area contributed by atoms with Crippen molar-refractivity contribution in [3.8, 4) is 34.1 Å². The second kappa shape index (κ2) is 10.2. The van der Waals surface area contributed by atoms with Crippen molar-refractivity contribution < 1.29 is 13.9 Å². The molecule has 1 atom stereocenters. The van der Waals surface area contributed by atoms with Crippen LogP contribution in [0, 0.1) is 18.3 Å². The van der Waals surface area contributed by atoms with Gasteiger partial charge in [-0.3, -0.25) is 9.29 Å². The lowest BCUT2D eigenvalue weighted by atomic mass is 10.1. The van der Waals surface area contributed by atoms with Crippen molar-refractivity contribution in [1.29, 1.82) is 5.26 Å². The van der Waals surface area contributed by atoms with Gasteiger partial charge in [0.25, 0.3) is 0 Å². The van der Waals surface area contributed by atoms with Crippen molar-refractivity contribution >= 4 is 29.2 Å². The number of benzene rings is 1. The van der Waals surface area contributed by atoms with Gasteiger partial charge in [-0.2, -0.15) is 5.26 Å². The minimum Gasteiger partial charge on any atom is -0.494 e. The molecule has 0 aliphatic carbocycles. The normalized spacial score (nSPS) is 12.6. The standard InChI is InChI=1S/C22H21FN8O2S2/c1-13-11-34-19(27-13)18-28-29-21(31(18)17-15(32-3)6-5-7-16(17)33-4)30-35-12-22(2,23)20-25-9-14(8-24)10-26-20/h5-7,9-11H,12H2,1-4H3,(H,29,30). The van der Waals surface area contributed by atoms with E-state index in [0.29, 0.717) is 34.0 Å². The number of aryl methyl sites for hydroxylation is 1. The Morgan fingerprint density at radius 2 is 1.89 bits per heavy atom. The van der Waals surface area contributed by atoms with Crippen molar-refractivity contribution in [2.75, 3.05) is 24.7 Å². The van der Waals surface area contributed by atoms with Crippen molar-refractivity contribution in [3.63, 3.8) is 0 Å². The van der Waals surface area contributed by atoms with Crippen LogP contribution in [0.25, 0.3) is 16.5 Å². The van der Waals surface area contributed by atoms with E-state index in [1.165, 1.54) is 30.7 Å². The lowest BCUT2D eigenvalue weighted by Crippen LogP contribution is -2.23. The number of anilines is 1. The second-order valence-corrected chi connectivity index (χ2v) is 9.12. The number of ether oxygens (including phenoxy) is 2. The Kier molecular flexibility index (Phi) is 7.13. The fourth-order valence-corrected chi connectivity index (χ4v) is 4.67. The van der Waals surface area contributed by atoms with Crippen LogP contribution in [0.1, 0.15) is 24.0 Å². The van der Waals surface area contributed by atoms with E-state index < -0.39 is 5.67 Å². The lowest BCUT2D eigenvalue weighted by molar-refractivity contribution is 0.213. The highest BCUT2D eigenvalue weighted by atomic mass is 32.2. The zero-order chi connectivity index (χ0) is 25.0. The van der Waals surface area contributed by atoms with Gasteiger partial charge >= 0.3 is 0 Å². The Bertz CT molecular complexity index is 1340. The van der Waals surface area contributed by atoms with E-state index in [0.717, 1.165) is 17.6 Å². The molecule has 13 heteroatoms. The molecule has 0 aliphatic heterocycles. The zero-order valence-corrected chi connectivity index (χ0v) is 20.9. The third-order valence-electron chi connectivity index (χ3n) is 4.85. The minimum absolute atomic E-state index is 0.0161. The quantitative estimate of drug-likeness (QED) is 0.324. The van der Waals surface area contributed by atoms with Gasteiger partial charge in [0, 0.05) is 23.5 Å².